The van der Waals surface area contributed by atoms with Crippen molar-refractivity contribution >= 4 is 71.1 Å². The Morgan fingerprint density at radius 1 is 1.15 bits per heavy atom. The minimum Gasteiger partial charge on any atom is -0.487 e. The maximum absolute atomic E-state index is 13.3. The van der Waals surface area contributed by atoms with Crippen molar-refractivity contribution < 1.29 is 18.8 Å². The third-order valence-electron chi connectivity index (χ3n) is 4.61. The van der Waals surface area contributed by atoms with Crippen LogP contribution in [0.25, 0.3) is 10.1 Å². The fourth-order valence-electron chi connectivity index (χ4n) is 3.05. The zero-order valence-corrected chi connectivity index (χ0v) is 21.1. The molecule has 172 valence electrons. The number of benzene rings is 3. The molecule has 1 heterocycles. The second-order valence-corrected chi connectivity index (χ2v) is 9.81. The van der Waals surface area contributed by atoms with E-state index in [0.717, 1.165) is 4.70 Å². The zero-order valence-electron chi connectivity index (χ0n) is 17.1. The van der Waals surface area contributed by atoms with Crippen molar-refractivity contribution in [2.75, 3.05) is 0 Å². The Labute approximate surface area is 213 Å². The maximum Gasteiger partial charge on any atom is 0.281 e. The lowest BCUT2D eigenvalue weighted by Crippen LogP contribution is -2.16. The average Bonchev–Trinajstić information content (AvgIpc) is 3.22. The van der Waals surface area contributed by atoms with E-state index in [1.165, 1.54) is 41.8 Å². The quantitative estimate of drug-likeness (QED) is 0.142. The summed E-state index contributed by atoms with van der Waals surface area (Å²) < 4.78 is 21.2. The first-order valence-electron chi connectivity index (χ1n) is 9.68. The standard InChI is InChI=1S/C23H14Br2FN3O4S/c24-18-7-14(8-19(25)22(18)33-12-13-2-1-3-16(26)6-13)11-27-28-23(30)21-10-15-9-17(29(31)32)4-5-20(15)34-21/h1-11H,12H2,(H,28,30)/b27-11-. The predicted octanol–water partition coefficient (Wildman–Crippen LogP) is 6.82. The summed E-state index contributed by atoms with van der Waals surface area (Å²) in [6.07, 6.45) is 1.47. The van der Waals surface area contributed by atoms with E-state index in [1.807, 2.05) is 0 Å². The summed E-state index contributed by atoms with van der Waals surface area (Å²) in [4.78, 5) is 23.3. The molecule has 4 aromatic rings. The molecule has 0 radical (unpaired) electrons. The molecule has 0 saturated heterocycles. The second-order valence-electron chi connectivity index (χ2n) is 7.02. The maximum atomic E-state index is 13.3. The van der Waals surface area contributed by atoms with Gasteiger partial charge in [-0.2, -0.15) is 5.10 Å². The fourth-order valence-corrected chi connectivity index (χ4v) is 5.43. The largest absolute Gasteiger partial charge is 0.487 e. The first kappa shape index (κ1) is 24.0. The number of non-ortho nitro benzene ring substituents is 1. The highest BCUT2D eigenvalue weighted by Gasteiger charge is 2.13. The Morgan fingerprint density at radius 3 is 2.62 bits per heavy atom. The summed E-state index contributed by atoms with van der Waals surface area (Å²) in [6, 6.07) is 15.7. The van der Waals surface area contributed by atoms with Crippen LogP contribution in [-0.2, 0) is 6.61 Å². The molecule has 7 nitrogen and oxygen atoms in total. The number of nitrogens with one attached hydrogen (secondary N) is 1. The van der Waals surface area contributed by atoms with Gasteiger partial charge in [0.1, 0.15) is 18.2 Å². The van der Waals surface area contributed by atoms with Crippen LogP contribution in [0.3, 0.4) is 0 Å². The van der Waals surface area contributed by atoms with Gasteiger partial charge in [0, 0.05) is 22.2 Å². The molecule has 0 aliphatic rings. The normalized spacial score (nSPS) is 11.1. The highest BCUT2D eigenvalue weighted by molar-refractivity contribution is 9.11. The van der Waals surface area contributed by atoms with E-state index in [1.54, 1.807) is 36.4 Å². The molecule has 0 spiro atoms. The van der Waals surface area contributed by atoms with Gasteiger partial charge in [0.2, 0.25) is 0 Å². The number of carbonyl (C=O) groups excluding carboxylic acids is 1. The molecule has 34 heavy (non-hydrogen) atoms. The van der Waals surface area contributed by atoms with Crippen molar-refractivity contribution in [1.82, 2.24) is 5.43 Å². The Bertz CT molecular complexity index is 1420. The molecule has 11 heteroatoms. The van der Waals surface area contributed by atoms with Gasteiger partial charge in [-0.15, -0.1) is 11.3 Å². The van der Waals surface area contributed by atoms with E-state index in [4.69, 9.17) is 4.74 Å². The highest BCUT2D eigenvalue weighted by atomic mass is 79.9. The van der Waals surface area contributed by atoms with E-state index in [0.29, 0.717) is 36.1 Å². The number of rotatable bonds is 7. The number of nitro groups is 1. The summed E-state index contributed by atoms with van der Waals surface area (Å²) in [7, 11) is 0. The summed E-state index contributed by atoms with van der Waals surface area (Å²) in [5.74, 6) is -0.206. The van der Waals surface area contributed by atoms with Crippen molar-refractivity contribution in [2.45, 2.75) is 6.61 Å². The van der Waals surface area contributed by atoms with E-state index in [-0.39, 0.29) is 18.1 Å². The van der Waals surface area contributed by atoms with Gasteiger partial charge < -0.3 is 4.74 Å². The Morgan fingerprint density at radius 2 is 1.91 bits per heavy atom. The number of amides is 1. The molecule has 0 saturated carbocycles. The van der Waals surface area contributed by atoms with Gasteiger partial charge in [-0.1, -0.05) is 12.1 Å². The van der Waals surface area contributed by atoms with Gasteiger partial charge >= 0.3 is 0 Å². The molecule has 1 N–H and O–H groups in total. The summed E-state index contributed by atoms with van der Waals surface area (Å²) >= 11 is 8.13. The number of fused-ring (bicyclic) bond motifs is 1. The first-order valence-corrected chi connectivity index (χ1v) is 12.1. The smallest absolute Gasteiger partial charge is 0.281 e. The predicted molar refractivity (Wildman–Crippen MR) is 136 cm³/mol. The monoisotopic (exact) mass is 605 g/mol. The molecular weight excluding hydrogens is 593 g/mol. The lowest BCUT2D eigenvalue weighted by Gasteiger charge is -2.11. The number of carbonyl (C=O) groups is 1. The van der Waals surface area contributed by atoms with E-state index in [2.05, 4.69) is 42.4 Å². The lowest BCUT2D eigenvalue weighted by molar-refractivity contribution is -0.384. The van der Waals surface area contributed by atoms with E-state index >= 15 is 0 Å². The first-order chi connectivity index (χ1) is 16.3. The highest BCUT2D eigenvalue weighted by Crippen LogP contribution is 2.35. The minimum absolute atomic E-state index is 0.0326. The van der Waals surface area contributed by atoms with E-state index in [9.17, 15) is 19.3 Å². The number of nitrogens with zero attached hydrogens (tertiary/aromatic N) is 2. The van der Waals surface area contributed by atoms with Crippen molar-refractivity contribution in [3.05, 3.63) is 102 Å². The van der Waals surface area contributed by atoms with Gasteiger partial charge in [-0.3, -0.25) is 14.9 Å². The molecule has 0 fully saturated rings. The summed E-state index contributed by atoms with van der Waals surface area (Å²) in [5, 5.41) is 15.5. The number of hydrogen-bond acceptors (Lipinski definition) is 6. The van der Waals surface area contributed by atoms with Crippen LogP contribution in [0.5, 0.6) is 5.75 Å². The molecule has 0 atom stereocenters. The number of nitro benzene ring substituents is 1. The minimum atomic E-state index is -0.477. The molecule has 0 aliphatic heterocycles. The van der Waals surface area contributed by atoms with Crippen LogP contribution < -0.4 is 10.2 Å². The zero-order chi connectivity index (χ0) is 24.2. The average molecular weight is 607 g/mol. The number of thiophene rings is 1. The summed E-state index contributed by atoms with van der Waals surface area (Å²) in [6.45, 7) is 0.191. The van der Waals surface area contributed by atoms with Gasteiger partial charge in [-0.25, -0.2) is 9.82 Å². The molecule has 0 bridgehead atoms. The van der Waals surface area contributed by atoms with Crippen LogP contribution in [0.4, 0.5) is 10.1 Å². The second kappa shape index (κ2) is 10.4. The molecule has 1 amide bonds. The van der Waals surface area contributed by atoms with Crippen molar-refractivity contribution in [3.63, 3.8) is 0 Å². The van der Waals surface area contributed by atoms with Crippen LogP contribution in [0, 0.1) is 15.9 Å². The number of hydrazone groups is 1. The third-order valence-corrected chi connectivity index (χ3v) is 6.90. The van der Waals surface area contributed by atoms with Crippen molar-refractivity contribution in [2.24, 2.45) is 5.10 Å². The number of ether oxygens (including phenoxy) is 1. The van der Waals surface area contributed by atoms with Crippen LogP contribution in [0.15, 0.2) is 74.7 Å². The van der Waals surface area contributed by atoms with Gasteiger partial charge in [0.15, 0.2) is 0 Å². The van der Waals surface area contributed by atoms with Crippen molar-refractivity contribution in [1.29, 1.82) is 0 Å². The SMILES string of the molecule is O=C(N/N=C\c1cc(Br)c(OCc2cccc(F)c2)c(Br)c1)c1cc2cc([N+](=O)[O-])ccc2s1. The Kier molecular flexibility index (Phi) is 7.35. The fraction of sp³-hybridized carbons (Fsp3) is 0.0435. The molecular formula is C23H14Br2FN3O4S. The Hall–Kier alpha value is -3.15. The molecule has 1 aromatic heterocycles. The van der Waals surface area contributed by atoms with Gasteiger partial charge in [0.05, 0.1) is 25.0 Å². The van der Waals surface area contributed by atoms with Gasteiger partial charge in [0.25, 0.3) is 11.6 Å². The van der Waals surface area contributed by atoms with Crippen LogP contribution in [-0.4, -0.2) is 17.0 Å². The number of halogens is 3. The third kappa shape index (κ3) is 5.66. The molecule has 0 aliphatic carbocycles. The molecule has 3 aromatic carbocycles. The van der Waals surface area contributed by atoms with Crippen LogP contribution in [0.2, 0.25) is 0 Å². The van der Waals surface area contributed by atoms with Crippen molar-refractivity contribution in [3.8, 4) is 5.75 Å². The Balaban J connectivity index is 1.41. The molecule has 4 rings (SSSR count). The summed E-state index contributed by atoms with van der Waals surface area (Å²) in [5.41, 5.74) is 3.81. The van der Waals surface area contributed by atoms with Crippen LogP contribution in [0.1, 0.15) is 20.8 Å². The van der Waals surface area contributed by atoms with Crippen LogP contribution >= 0.6 is 43.2 Å². The topological polar surface area (TPSA) is 93.8 Å². The molecule has 0 unspecified atom stereocenters. The van der Waals surface area contributed by atoms with E-state index < -0.39 is 10.8 Å². The lowest BCUT2D eigenvalue weighted by atomic mass is 10.2. The van der Waals surface area contributed by atoms with Gasteiger partial charge in [-0.05, 0) is 79.4 Å². The number of hydrogen-bond donors (Lipinski definition) is 1.